The van der Waals surface area contributed by atoms with Gasteiger partial charge < -0.3 is 28.8 Å². The minimum absolute atomic E-state index is 0.204. The zero-order chi connectivity index (χ0) is 33.2. The van der Waals surface area contributed by atoms with Gasteiger partial charge in [-0.05, 0) is 81.3 Å². The predicted octanol–water partition coefficient (Wildman–Crippen LogP) is 5.61. The molecule has 0 aliphatic heterocycles. The molecule has 0 bridgehead atoms. The van der Waals surface area contributed by atoms with Crippen LogP contribution in [0.5, 0.6) is 5.75 Å². The summed E-state index contributed by atoms with van der Waals surface area (Å²) in [6.07, 6.45) is 4.09. The van der Waals surface area contributed by atoms with E-state index in [2.05, 4.69) is 10.4 Å². The van der Waals surface area contributed by atoms with Crippen LogP contribution in [-0.2, 0) is 25.5 Å². The average molecular weight is 630 g/mol. The number of hydrogen-bond donors (Lipinski definition) is 1. The van der Waals surface area contributed by atoms with Crippen LogP contribution >= 0.6 is 0 Å². The highest BCUT2D eigenvalue weighted by Gasteiger charge is 2.41. The van der Waals surface area contributed by atoms with E-state index in [9.17, 15) is 14.4 Å². The minimum Gasteiger partial charge on any atom is -0.497 e. The molecule has 46 heavy (non-hydrogen) atoms. The van der Waals surface area contributed by atoms with E-state index >= 15 is 0 Å². The molecule has 1 aliphatic rings. The summed E-state index contributed by atoms with van der Waals surface area (Å²) >= 11 is 0. The van der Waals surface area contributed by atoms with Crippen molar-refractivity contribution >= 4 is 40.0 Å². The molecule has 3 heterocycles. The van der Waals surface area contributed by atoms with Gasteiger partial charge in [-0.15, -0.1) is 5.10 Å². The van der Waals surface area contributed by atoms with E-state index in [-0.39, 0.29) is 12.0 Å². The summed E-state index contributed by atoms with van der Waals surface area (Å²) in [6.45, 7) is 7.47. The molecule has 12 nitrogen and oxygen atoms in total. The second kappa shape index (κ2) is 12.8. The van der Waals surface area contributed by atoms with Crippen LogP contribution in [0, 0.1) is 6.92 Å². The number of anilines is 2. The molecule has 12 heteroatoms. The highest BCUT2D eigenvalue weighted by molar-refractivity contribution is 5.94. The number of carbonyl (C=O) groups excluding carboxylic acids is 2. The third-order valence-corrected chi connectivity index (χ3v) is 7.91. The second-order valence-corrected chi connectivity index (χ2v) is 12.2. The molecule has 1 atom stereocenters. The zero-order valence-electron chi connectivity index (χ0n) is 27.2. The van der Waals surface area contributed by atoms with Crippen LogP contribution in [0.25, 0.3) is 16.3 Å². The van der Waals surface area contributed by atoms with E-state index in [0.29, 0.717) is 53.2 Å². The maximum absolute atomic E-state index is 14.0. The first-order valence-corrected chi connectivity index (χ1v) is 14.9. The number of nitrogens with zero attached hydrogens (tertiary/aromatic N) is 4. The standard InChI is InChI=1S/C34H39N5O7/c1-21-18-27(37-39(21)32(42)46-33(2,3)4)35-26-19-24-14-17-38(20-22-8-10-25(43-5)11-9-22)30(40)28(24)29(36-26)23-12-15-34(45-7,16-13-23)31(41)44-6/h8-12,14,17-19H,13,15-16,20H2,1-7H3,(H,35,36,37). The number of aromatic nitrogens is 4. The third-order valence-electron chi connectivity index (χ3n) is 7.91. The SMILES string of the molecule is COC(=O)C1(OC)CC=C(c2nc(Nc3cc(C)n(C(=O)OC(C)(C)C)n3)cc3ccn(Cc4ccc(OC)cc4)c(=O)c23)CC1. The smallest absolute Gasteiger partial charge is 0.435 e. The number of rotatable bonds is 8. The first-order chi connectivity index (χ1) is 21.9. The van der Waals surface area contributed by atoms with Crippen LogP contribution in [0.1, 0.15) is 57.0 Å². The van der Waals surface area contributed by atoms with Gasteiger partial charge in [0, 0.05) is 31.5 Å². The number of nitrogens with one attached hydrogen (secondary N) is 1. The maximum atomic E-state index is 14.0. The summed E-state index contributed by atoms with van der Waals surface area (Å²) in [4.78, 5) is 44.2. The first-order valence-electron chi connectivity index (χ1n) is 14.9. The number of aryl methyl sites for hydroxylation is 1. The number of fused-ring (bicyclic) bond motifs is 1. The molecule has 0 saturated heterocycles. The molecule has 0 fully saturated rings. The van der Waals surface area contributed by atoms with Gasteiger partial charge in [0.25, 0.3) is 5.56 Å². The van der Waals surface area contributed by atoms with Crippen molar-refractivity contribution in [1.82, 2.24) is 19.3 Å². The van der Waals surface area contributed by atoms with E-state index in [1.54, 1.807) is 57.7 Å². The number of allylic oxidation sites excluding steroid dienone is 1. The zero-order valence-corrected chi connectivity index (χ0v) is 27.2. The van der Waals surface area contributed by atoms with Gasteiger partial charge in [-0.25, -0.2) is 14.6 Å². The molecule has 4 aromatic rings. The van der Waals surface area contributed by atoms with E-state index in [0.717, 1.165) is 16.9 Å². The quantitative estimate of drug-likeness (QED) is 0.245. The van der Waals surface area contributed by atoms with Crippen LogP contribution in [0.15, 0.2) is 59.5 Å². The summed E-state index contributed by atoms with van der Waals surface area (Å²) in [5.41, 5.74) is 0.820. The van der Waals surface area contributed by atoms with Crippen LogP contribution < -0.4 is 15.6 Å². The Kier molecular flexibility index (Phi) is 9.02. The number of methoxy groups -OCH3 is 3. The fourth-order valence-electron chi connectivity index (χ4n) is 5.49. The Labute approximate surface area is 266 Å². The topological polar surface area (TPSA) is 136 Å². The summed E-state index contributed by atoms with van der Waals surface area (Å²) in [5.74, 6) is 1.10. The molecular weight excluding hydrogens is 590 g/mol. The van der Waals surface area contributed by atoms with Crippen molar-refractivity contribution in [2.45, 2.75) is 64.7 Å². The molecule has 1 aliphatic carbocycles. The molecular formula is C34H39N5O7. The molecule has 0 amide bonds. The highest BCUT2D eigenvalue weighted by atomic mass is 16.6. The van der Waals surface area contributed by atoms with Gasteiger partial charge in [-0.1, -0.05) is 18.2 Å². The Balaban J connectivity index is 1.57. The number of esters is 1. The predicted molar refractivity (Wildman–Crippen MR) is 174 cm³/mol. The number of ether oxygens (including phenoxy) is 4. The summed E-state index contributed by atoms with van der Waals surface area (Å²) in [5, 5.41) is 8.71. The highest BCUT2D eigenvalue weighted by Crippen LogP contribution is 2.37. The number of hydrogen-bond acceptors (Lipinski definition) is 10. The Bertz CT molecular complexity index is 1870. The van der Waals surface area contributed by atoms with Gasteiger partial charge in [0.2, 0.25) is 0 Å². The lowest BCUT2D eigenvalue weighted by atomic mass is 9.83. The van der Waals surface area contributed by atoms with E-state index in [1.807, 2.05) is 36.4 Å². The van der Waals surface area contributed by atoms with Crippen LogP contribution in [-0.4, -0.2) is 63.9 Å². The molecule has 1 aromatic carbocycles. The monoisotopic (exact) mass is 629 g/mol. The Morgan fingerprint density at radius 3 is 2.39 bits per heavy atom. The van der Waals surface area contributed by atoms with Crippen LogP contribution in [0.2, 0.25) is 0 Å². The number of benzene rings is 1. The lowest BCUT2D eigenvalue weighted by molar-refractivity contribution is -0.166. The van der Waals surface area contributed by atoms with E-state index < -0.39 is 23.3 Å². The molecule has 0 saturated carbocycles. The molecule has 1 unspecified atom stereocenters. The van der Waals surface area contributed by atoms with Gasteiger partial charge in [0.15, 0.2) is 11.4 Å². The molecule has 242 valence electrons. The fraction of sp³-hybridized carbons (Fsp3) is 0.382. The van der Waals surface area contributed by atoms with Gasteiger partial charge >= 0.3 is 12.1 Å². The van der Waals surface area contributed by atoms with Crippen molar-refractivity contribution in [2.75, 3.05) is 26.6 Å². The van der Waals surface area contributed by atoms with E-state index in [1.165, 1.54) is 18.9 Å². The van der Waals surface area contributed by atoms with Gasteiger partial charge in [-0.2, -0.15) is 4.68 Å². The van der Waals surface area contributed by atoms with E-state index in [4.69, 9.17) is 23.9 Å². The number of pyridine rings is 2. The lowest BCUT2D eigenvalue weighted by Crippen LogP contribution is -2.42. The molecule has 1 N–H and O–H groups in total. The van der Waals surface area contributed by atoms with Crippen molar-refractivity contribution in [3.63, 3.8) is 0 Å². The molecule has 3 aromatic heterocycles. The lowest BCUT2D eigenvalue weighted by Gasteiger charge is -2.32. The third kappa shape index (κ3) is 6.66. The minimum atomic E-state index is -1.11. The maximum Gasteiger partial charge on any atom is 0.435 e. The molecule has 0 spiro atoms. The Hall–Kier alpha value is -4.97. The van der Waals surface area contributed by atoms with Crippen molar-refractivity contribution < 1.29 is 28.5 Å². The second-order valence-electron chi connectivity index (χ2n) is 12.2. The summed E-state index contributed by atoms with van der Waals surface area (Å²) in [7, 11) is 4.43. The summed E-state index contributed by atoms with van der Waals surface area (Å²) < 4.78 is 24.2. The normalized spacial score (nSPS) is 16.5. The Morgan fingerprint density at radius 1 is 1.04 bits per heavy atom. The number of carbonyl (C=O) groups is 2. The summed E-state index contributed by atoms with van der Waals surface area (Å²) in [6, 6.07) is 12.9. The van der Waals surface area contributed by atoms with Crippen molar-refractivity contribution in [2.24, 2.45) is 0 Å². The van der Waals surface area contributed by atoms with Gasteiger partial charge in [-0.3, -0.25) is 4.79 Å². The first kappa shape index (κ1) is 32.4. The van der Waals surface area contributed by atoms with Gasteiger partial charge in [0.1, 0.15) is 17.2 Å². The largest absolute Gasteiger partial charge is 0.497 e. The van der Waals surface area contributed by atoms with Crippen molar-refractivity contribution in [1.29, 1.82) is 0 Å². The van der Waals surface area contributed by atoms with Gasteiger partial charge in [0.05, 0.1) is 31.8 Å². The van der Waals surface area contributed by atoms with Crippen molar-refractivity contribution in [3.05, 3.63) is 82.0 Å². The van der Waals surface area contributed by atoms with Crippen molar-refractivity contribution in [3.8, 4) is 5.75 Å². The average Bonchev–Trinajstić information content (AvgIpc) is 3.40. The van der Waals surface area contributed by atoms with Crippen LogP contribution in [0.3, 0.4) is 0 Å². The fourth-order valence-corrected chi connectivity index (χ4v) is 5.49. The Morgan fingerprint density at radius 2 is 1.78 bits per heavy atom. The molecule has 0 radical (unpaired) electrons. The molecule has 5 rings (SSSR count). The van der Waals surface area contributed by atoms with Crippen LogP contribution in [0.4, 0.5) is 16.4 Å².